The summed E-state index contributed by atoms with van der Waals surface area (Å²) in [4.78, 5) is 25.7. The number of hydrogen-bond donors (Lipinski definition) is 2. The highest BCUT2D eigenvalue weighted by Crippen LogP contribution is 2.34. The fourth-order valence-electron chi connectivity index (χ4n) is 3.73. The topological polar surface area (TPSA) is 77.8 Å². The van der Waals surface area contributed by atoms with E-state index in [1.165, 1.54) is 0 Å². The lowest BCUT2D eigenvalue weighted by Crippen LogP contribution is -2.47. The van der Waals surface area contributed by atoms with Crippen LogP contribution in [0.15, 0.2) is 12.1 Å². The SMILES string of the molecule is CC1CCC(C(=O)O)CN1C(=O)c1ccc2c(c1O)CCCC2. The van der Waals surface area contributed by atoms with Crippen LogP contribution < -0.4 is 0 Å². The van der Waals surface area contributed by atoms with Crippen LogP contribution in [-0.4, -0.2) is 39.6 Å². The number of piperidine rings is 1. The Morgan fingerprint density at radius 2 is 1.91 bits per heavy atom. The highest BCUT2D eigenvalue weighted by atomic mass is 16.4. The molecule has 1 amide bonds. The van der Waals surface area contributed by atoms with E-state index in [2.05, 4.69) is 0 Å². The Bertz CT molecular complexity index is 640. The van der Waals surface area contributed by atoms with Crippen LogP contribution in [0.25, 0.3) is 0 Å². The van der Waals surface area contributed by atoms with Gasteiger partial charge in [0, 0.05) is 12.6 Å². The highest BCUT2D eigenvalue weighted by Gasteiger charge is 2.34. The Balaban J connectivity index is 1.89. The van der Waals surface area contributed by atoms with Gasteiger partial charge in [-0.15, -0.1) is 0 Å². The van der Waals surface area contributed by atoms with Gasteiger partial charge < -0.3 is 15.1 Å². The lowest BCUT2D eigenvalue weighted by Gasteiger charge is -2.36. The van der Waals surface area contributed by atoms with Crippen molar-refractivity contribution in [3.8, 4) is 5.75 Å². The molecule has 0 bridgehead atoms. The van der Waals surface area contributed by atoms with E-state index in [0.29, 0.717) is 18.4 Å². The van der Waals surface area contributed by atoms with Gasteiger partial charge in [0.1, 0.15) is 5.75 Å². The molecule has 2 unspecified atom stereocenters. The van der Waals surface area contributed by atoms with Crippen LogP contribution in [0.5, 0.6) is 5.75 Å². The molecule has 1 aliphatic carbocycles. The molecule has 1 fully saturated rings. The van der Waals surface area contributed by atoms with Gasteiger partial charge in [-0.2, -0.15) is 0 Å². The number of nitrogens with zero attached hydrogens (tertiary/aromatic N) is 1. The van der Waals surface area contributed by atoms with Gasteiger partial charge in [0.25, 0.3) is 5.91 Å². The average Bonchev–Trinajstić information content (AvgIpc) is 2.55. The van der Waals surface area contributed by atoms with Crippen LogP contribution in [0.1, 0.15) is 54.1 Å². The minimum atomic E-state index is -0.857. The molecule has 1 aromatic rings. The molecule has 1 heterocycles. The van der Waals surface area contributed by atoms with Crippen molar-refractivity contribution in [1.29, 1.82) is 0 Å². The maximum atomic E-state index is 12.9. The molecule has 23 heavy (non-hydrogen) atoms. The second-order valence-electron chi connectivity index (χ2n) is 6.73. The maximum Gasteiger partial charge on any atom is 0.308 e. The first-order valence-electron chi connectivity index (χ1n) is 8.36. The zero-order chi connectivity index (χ0) is 16.6. The van der Waals surface area contributed by atoms with E-state index < -0.39 is 11.9 Å². The van der Waals surface area contributed by atoms with Crippen molar-refractivity contribution in [2.24, 2.45) is 5.92 Å². The van der Waals surface area contributed by atoms with Gasteiger partial charge in [0.05, 0.1) is 11.5 Å². The smallest absolute Gasteiger partial charge is 0.308 e. The normalized spacial score (nSPS) is 24.1. The van der Waals surface area contributed by atoms with E-state index in [9.17, 15) is 19.8 Å². The van der Waals surface area contributed by atoms with E-state index in [0.717, 1.165) is 36.8 Å². The minimum absolute atomic E-state index is 0.00599. The summed E-state index contributed by atoms with van der Waals surface area (Å²) in [6.45, 7) is 2.15. The number of carboxylic acid groups (broad SMARTS) is 1. The Kier molecular flexibility index (Phi) is 4.28. The van der Waals surface area contributed by atoms with Crippen molar-refractivity contribution < 1.29 is 19.8 Å². The number of rotatable bonds is 2. The number of amides is 1. The number of carboxylic acids is 1. The summed E-state index contributed by atoms with van der Waals surface area (Å²) in [6.07, 6.45) is 5.15. The molecular weight excluding hydrogens is 294 g/mol. The summed E-state index contributed by atoms with van der Waals surface area (Å²) in [5, 5.41) is 19.8. The molecule has 2 N–H and O–H groups in total. The monoisotopic (exact) mass is 317 g/mol. The first kappa shape index (κ1) is 15.8. The summed E-state index contributed by atoms with van der Waals surface area (Å²) in [5.41, 5.74) is 2.32. The van der Waals surface area contributed by atoms with Gasteiger partial charge in [-0.1, -0.05) is 6.07 Å². The van der Waals surface area contributed by atoms with Gasteiger partial charge >= 0.3 is 5.97 Å². The second-order valence-corrected chi connectivity index (χ2v) is 6.73. The highest BCUT2D eigenvalue weighted by molar-refractivity contribution is 5.98. The van der Waals surface area contributed by atoms with Crippen molar-refractivity contribution in [3.05, 3.63) is 28.8 Å². The first-order chi connectivity index (χ1) is 11.0. The Morgan fingerprint density at radius 1 is 1.17 bits per heavy atom. The Morgan fingerprint density at radius 3 is 2.65 bits per heavy atom. The van der Waals surface area contributed by atoms with Crippen LogP contribution in [0.2, 0.25) is 0 Å². The van der Waals surface area contributed by atoms with E-state index in [4.69, 9.17) is 0 Å². The van der Waals surface area contributed by atoms with Gasteiger partial charge in [0.15, 0.2) is 0 Å². The summed E-state index contributed by atoms with van der Waals surface area (Å²) >= 11 is 0. The van der Waals surface area contributed by atoms with E-state index in [1.807, 2.05) is 13.0 Å². The van der Waals surface area contributed by atoms with Crippen molar-refractivity contribution in [1.82, 2.24) is 4.90 Å². The molecule has 1 aromatic carbocycles. The number of aryl methyl sites for hydroxylation is 1. The van der Waals surface area contributed by atoms with E-state index >= 15 is 0 Å². The predicted octanol–water partition coefficient (Wildman–Crippen LogP) is 2.60. The minimum Gasteiger partial charge on any atom is -0.507 e. The van der Waals surface area contributed by atoms with Crippen LogP contribution in [0.3, 0.4) is 0 Å². The van der Waals surface area contributed by atoms with Crippen LogP contribution in [0, 0.1) is 5.92 Å². The van der Waals surface area contributed by atoms with Crippen LogP contribution in [-0.2, 0) is 17.6 Å². The van der Waals surface area contributed by atoms with Gasteiger partial charge in [-0.25, -0.2) is 0 Å². The fraction of sp³-hybridized carbons (Fsp3) is 0.556. The van der Waals surface area contributed by atoms with Crippen LogP contribution in [0.4, 0.5) is 0 Å². The summed E-state index contributed by atoms with van der Waals surface area (Å²) < 4.78 is 0. The average molecular weight is 317 g/mol. The van der Waals surface area contributed by atoms with Crippen LogP contribution >= 0.6 is 0 Å². The van der Waals surface area contributed by atoms with Crippen molar-refractivity contribution in [2.75, 3.05) is 6.54 Å². The predicted molar refractivity (Wildman–Crippen MR) is 85.6 cm³/mol. The van der Waals surface area contributed by atoms with Gasteiger partial charge in [-0.3, -0.25) is 9.59 Å². The number of carbonyl (C=O) groups excluding carboxylic acids is 1. The lowest BCUT2D eigenvalue weighted by atomic mass is 9.88. The number of hydrogen-bond acceptors (Lipinski definition) is 3. The number of aliphatic carboxylic acids is 1. The largest absolute Gasteiger partial charge is 0.507 e. The molecule has 124 valence electrons. The quantitative estimate of drug-likeness (QED) is 0.879. The van der Waals surface area contributed by atoms with Crippen molar-refractivity contribution in [3.63, 3.8) is 0 Å². The van der Waals surface area contributed by atoms with Crippen molar-refractivity contribution in [2.45, 2.75) is 51.5 Å². The maximum absolute atomic E-state index is 12.9. The van der Waals surface area contributed by atoms with Gasteiger partial charge in [0.2, 0.25) is 0 Å². The Hall–Kier alpha value is -2.04. The second kappa shape index (κ2) is 6.22. The summed E-state index contributed by atoms with van der Waals surface area (Å²) in [7, 11) is 0. The number of fused-ring (bicyclic) bond motifs is 1. The molecule has 5 nitrogen and oxygen atoms in total. The zero-order valence-electron chi connectivity index (χ0n) is 13.4. The molecule has 1 saturated heterocycles. The third kappa shape index (κ3) is 2.92. The Labute approximate surface area is 135 Å². The number of phenolic OH excluding ortho intramolecular Hbond substituents is 1. The third-order valence-electron chi connectivity index (χ3n) is 5.23. The molecule has 0 radical (unpaired) electrons. The number of likely N-dealkylation sites (tertiary alicyclic amines) is 1. The third-order valence-corrected chi connectivity index (χ3v) is 5.23. The van der Waals surface area contributed by atoms with E-state index in [1.54, 1.807) is 11.0 Å². The van der Waals surface area contributed by atoms with Crippen molar-refractivity contribution >= 4 is 11.9 Å². The first-order valence-corrected chi connectivity index (χ1v) is 8.36. The van der Waals surface area contributed by atoms with Gasteiger partial charge in [-0.05, 0) is 62.6 Å². The molecule has 2 aliphatic rings. The van der Waals surface area contributed by atoms with E-state index in [-0.39, 0.29) is 24.2 Å². The molecule has 3 rings (SSSR count). The molecule has 0 spiro atoms. The summed E-state index contributed by atoms with van der Waals surface area (Å²) in [5.74, 6) is -1.54. The molecule has 5 heteroatoms. The number of aromatic hydroxyl groups is 1. The number of phenols is 1. The summed E-state index contributed by atoms with van der Waals surface area (Å²) in [6, 6.07) is 3.62. The molecule has 1 aliphatic heterocycles. The molecule has 0 saturated carbocycles. The molecular formula is C18H23NO4. The molecule has 2 atom stereocenters. The number of benzene rings is 1. The lowest BCUT2D eigenvalue weighted by molar-refractivity contribution is -0.143. The fourth-order valence-corrected chi connectivity index (χ4v) is 3.73. The standard InChI is InChI=1S/C18H23NO4/c1-11-6-7-13(18(22)23)10-19(11)17(21)15-9-8-12-4-2-3-5-14(12)16(15)20/h8-9,11,13,20H,2-7,10H2,1H3,(H,22,23). The zero-order valence-corrected chi connectivity index (χ0v) is 13.4. The number of carbonyl (C=O) groups is 2. The molecule has 0 aromatic heterocycles.